The Morgan fingerprint density at radius 2 is 1.58 bits per heavy atom. The summed E-state index contributed by atoms with van der Waals surface area (Å²) in [5, 5.41) is 2.73. The van der Waals surface area contributed by atoms with Crippen LogP contribution in [0.2, 0.25) is 0 Å². The molecule has 0 unspecified atom stereocenters. The molecule has 7 nitrogen and oxygen atoms in total. The average molecular weight is 349 g/mol. The van der Waals surface area contributed by atoms with Crippen molar-refractivity contribution in [2.45, 2.75) is 20.8 Å². The molecule has 0 radical (unpaired) electrons. The predicted molar refractivity (Wildman–Crippen MR) is 102 cm³/mol. The van der Waals surface area contributed by atoms with Crippen LogP contribution in [0.4, 0.5) is 21.9 Å². The lowest BCUT2D eigenvalue weighted by atomic mass is 10.2. The van der Waals surface area contributed by atoms with Crippen LogP contribution in [0.1, 0.15) is 18.3 Å². The van der Waals surface area contributed by atoms with Crippen LogP contribution >= 0.6 is 0 Å². The Morgan fingerprint density at radius 1 is 0.962 bits per heavy atom. The molecule has 3 rings (SSSR count). The molecule has 0 saturated heterocycles. The number of aromatic nitrogens is 2. The number of fused-ring (bicyclic) bond motifs is 1. The SMILES string of the molecule is CC(=O)N(C(=O)Nc1ccc2nc(C)c(C)nc2c1)c1ccc(N)cc1. The van der Waals surface area contributed by atoms with Crippen LogP contribution in [0.15, 0.2) is 42.5 Å². The molecule has 0 aliphatic heterocycles. The second-order valence-corrected chi connectivity index (χ2v) is 5.97. The number of urea groups is 1. The van der Waals surface area contributed by atoms with Gasteiger partial charge in [0.2, 0.25) is 5.91 Å². The molecular formula is C19H19N5O2. The summed E-state index contributed by atoms with van der Waals surface area (Å²) in [5.74, 6) is -0.403. The number of imide groups is 1. The van der Waals surface area contributed by atoms with E-state index in [0.29, 0.717) is 22.6 Å². The predicted octanol–water partition coefficient (Wildman–Crippen LogP) is 3.41. The van der Waals surface area contributed by atoms with E-state index in [4.69, 9.17) is 5.73 Å². The van der Waals surface area contributed by atoms with E-state index < -0.39 is 11.9 Å². The standard InChI is InChI=1S/C19H19N5O2/c1-11-12(2)22-18-10-15(6-9-17(18)21-11)23-19(26)24(13(3)25)16-7-4-14(20)5-8-16/h4-10H,20H2,1-3H3,(H,23,26). The van der Waals surface area contributed by atoms with Gasteiger partial charge in [-0.05, 0) is 56.3 Å². The monoisotopic (exact) mass is 349 g/mol. The molecule has 0 aliphatic rings. The van der Waals surface area contributed by atoms with Crippen molar-refractivity contribution in [1.29, 1.82) is 0 Å². The summed E-state index contributed by atoms with van der Waals surface area (Å²) in [4.78, 5) is 34.6. The van der Waals surface area contributed by atoms with E-state index in [0.717, 1.165) is 21.8 Å². The second kappa shape index (κ2) is 6.79. The maximum absolute atomic E-state index is 12.6. The van der Waals surface area contributed by atoms with Gasteiger partial charge in [0.05, 0.1) is 28.1 Å². The summed E-state index contributed by atoms with van der Waals surface area (Å²) >= 11 is 0. The molecule has 7 heteroatoms. The second-order valence-electron chi connectivity index (χ2n) is 5.97. The first-order valence-corrected chi connectivity index (χ1v) is 8.07. The van der Waals surface area contributed by atoms with Crippen molar-refractivity contribution in [3.8, 4) is 0 Å². The largest absolute Gasteiger partial charge is 0.399 e. The maximum Gasteiger partial charge on any atom is 0.333 e. The minimum absolute atomic E-state index is 0.403. The molecule has 3 aromatic rings. The highest BCUT2D eigenvalue weighted by Crippen LogP contribution is 2.21. The third-order valence-corrected chi connectivity index (χ3v) is 4.00. The molecule has 0 fully saturated rings. The van der Waals surface area contributed by atoms with Crippen LogP contribution in [0.5, 0.6) is 0 Å². The van der Waals surface area contributed by atoms with Gasteiger partial charge in [-0.15, -0.1) is 0 Å². The Morgan fingerprint density at radius 3 is 2.19 bits per heavy atom. The highest BCUT2D eigenvalue weighted by Gasteiger charge is 2.20. The zero-order valence-electron chi connectivity index (χ0n) is 14.8. The lowest BCUT2D eigenvalue weighted by Crippen LogP contribution is -2.38. The first kappa shape index (κ1) is 17.3. The Labute approximate surface area is 150 Å². The van der Waals surface area contributed by atoms with Gasteiger partial charge in [-0.1, -0.05) is 0 Å². The number of nitrogens with one attached hydrogen (secondary N) is 1. The van der Waals surface area contributed by atoms with Crippen molar-refractivity contribution >= 4 is 40.0 Å². The first-order valence-electron chi connectivity index (χ1n) is 8.07. The maximum atomic E-state index is 12.6. The van der Waals surface area contributed by atoms with Crippen LogP contribution in [-0.2, 0) is 4.79 Å². The minimum atomic E-state index is -0.557. The highest BCUT2D eigenvalue weighted by atomic mass is 16.2. The summed E-state index contributed by atoms with van der Waals surface area (Å²) in [6.07, 6.45) is 0. The molecule has 3 amide bonds. The molecule has 26 heavy (non-hydrogen) atoms. The number of anilines is 3. The van der Waals surface area contributed by atoms with Gasteiger partial charge in [-0.25, -0.2) is 19.7 Å². The molecule has 132 valence electrons. The number of hydrogen-bond acceptors (Lipinski definition) is 5. The van der Waals surface area contributed by atoms with Crippen molar-refractivity contribution in [2.75, 3.05) is 16.0 Å². The summed E-state index contributed by atoms with van der Waals surface area (Å²) in [5.41, 5.74) is 10.3. The highest BCUT2D eigenvalue weighted by molar-refractivity contribution is 6.18. The average Bonchev–Trinajstić information content (AvgIpc) is 2.58. The van der Waals surface area contributed by atoms with Gasteiger partial charge in [-0.3, -0.25) is 4.79 Å². The lowest BCUT2D eigenvalue weighted by molar-refractivity contribution is -0.115. The van der Waals surface area contributed by atoms with E-state index in [1.165, 1.54) is 6.92 Å². The van der Waals surface area contributed by atoms with Gasteiger partial charge in [-0.2, -0.15) is 0 Å². The van der Waals surface area contributed by atoms with Gasteiger partial charge in [0.1, 0.15) is 0 Å². The van der Waals surface area contributed by atoms with Gasteiger partial charge in [0.25, 0.3) is 0 Å². The van der Waals surface area contributed by atoms with E-state index in [1.54, 1.807) is 42.5 Å². The van der Waals surface area contributed by atoms with Crippen LogP contribution in [0.25, 0.3) is 11.0 Å². The van der Waals surface area contributed by atoms with E-state index in [9.17, 15) is 9.59 Å². The van der Waals surface area contributed by atoms with Crippen molar-refractivity contribution in [3.05, 3.63) is 53.9 Å². The Bertz CT molecular complexity index is 999. The number of nitrogens with zero attached hydrogens (tertiary/aromatic N) is 3. The molecule has 0 bridgehead atoms. The van der Waals surface area contributed by atoms with Gasteiger partial charge >= 0.3 is 6.03 Å². The number of benzene rings is 2. The normalized spacial score (nSPS) is 10.6. The number of nitrogen functional groups attached to an aromatic ring is 1. The molecule has 1 heterocycles. The zero-order valence-corrected chi connectivity index (χ0v) is 14.8. The van der Waals surface area contributed by atoms with E-state index in [2.05, 4.69) is 15.3 Å². The molecule has 0 atom stereocenters. The molecule has 0 spiro atoms. The third kappa shape index (κ3) is 3.46. The van der Waals surface area contributed by atoms with E-state index >= 15 is 0 Å². The van der Waals surface area contributed by atoms with Gasteiger partial charge < -0.3 is 11.1 Å². The smallest absolute Gasteiger partial charge is 0.333 e. The number of amides is 3. The van der Waals surface area contributed by atoms with Gasteiger partial charge in [0.15, 0.2) is 0 Å². The molecule has 1 aromatic heterocycles. The number of hydrogen-bond donors (Lipinski definition) is 2. The molecule has 0 aliphatic carbocycles. The third-order valence-electron chi connectivity index (χ3n) is 4.00. The molecule has 0 saturated carbocycles. The molecule has 3 N–H and O–H groups in total. The summed E-state index contributed by atoms with van der Waals surface area (Å²) < 4.78 is 0. The fourth-order valence-electron chi connectivity index (χ4n) is 2.55. The topological polar surface area (TPSA) is 101 Å². The van der Waals surface area contributed by atoms with Crippen LogP contribution in [0, 0.1) is 13.8 Å². The Hall–Kier alpha value is -3.48. The Kier molecular flexibility index (Phi) is 4.53. The van der Waals surface area contributed by atoms with Crippen LogP contribution in [0.3, 0.4) is 0 Å². The first-order chi connectivity index (χ1) is 12.3. The number of nitrogens with two attached hydrogens (primary N) is 1. The number of carbonyl (C=O) groups excluding carboxylic acids is 2. The fraction of sp³-hybridized carbons (Fsp3) is 0.158. The molecule has 2 aromatic carbocycles. The summed E-state index contributed by atoms with van der Waals surface area (Å²) in [6, 6.07) is 11.2. The van der Waals surface area contributed by atoms with Crippen LogP contribution < -0.4 is 16.0 Å². The number of aryl methyl sites for hydroxylation is 2. The summed E-state index contributed by atoms with van der Waals surface area (Å²) in [6.45, 7) is 5.11. The van der Waals surface area contributed by atoms with Gasteiger partial charge in [0, 0.05) is 18.3 Å². The molecular weight excluding hydrogens is 330 g/mol. The minimum Gasteiger partial charge on any atom is -0.399 e. The lowest BCUT2D eigenvalue weighted by Gasteiger charge is -2.20. The van der Waals surface area contributed by atoms with Crippen molar-refractivity contribution in [2.24, 2.45) is 0 Å². The number of carbonyl (C=O) groups is 2. The summed E-state index contributed by atoms with van der Waals surface area (Å²) in [7, 11) is 0. The number of rotatable bonds is 2. The quantitative estimate of drug-likeness (QED) is 0.690. The van der Waals surface area contributed by atoms with Crippen molar-refractivity contribution in [1.82, 2.24) is 9.97 Å². The zero-order chi connectivity index (χ0) is 18.8. The fourth-order valence-corrected chi connectivity index (χ4v) is 2.55. The van der Waals surface area contributed by atoms with E-state index in [-0.39, 0.29) is 0 Å². The Balaban J connectivity index is 1.89. The van der Waals surface area contributed by atoms with Crippen molar-refractivity contribution in [3.63, 3.8) is 0 Å². The van der Waals surface area contributed by atoms with E-state index in [1.807, 2.05) is 13.8 Å². The van der Waals surface area contributed by atoms with Crippen LogP contribution in [-0.4, -0.2) is 21.9 Å². The van der Waals surface area contributed by atoms with Crippen molar-refractivity contribution < 1.29 is 9.59 Å².